The van der Waals surface area contributed by atoms with Gasteiger partial charge in [-0.3, -0.25) is 4.90 Å². The standard InChI is InChI=1S/C16H15FN2S/c17-16-4-1-12(7-14(16)8-18)9-19(15-2-3-15)10-13-5-6-20-11-13/h1,4-7,11,15H,2-3,9-10H2. The van der Waals surface area contributed by atoms with Crippen LogP contribution in [-0.2, 0) is 13.1 Å². The lowest BCUT2D eigenvalue weighted by atomic mass is 10.1. The average molecular weight is 286 g/mol. The van der Waals surface area contributed by atoms with Crippen molar-refractivity contribution in [2.24, 2.45) is 0 Å². The average Bonchev–Trinajstić information content (AvgIpc) is 3.18. The number of nitriles is 1. The lowest BCUT2D eigenvalue weighted by molar-refractivity contribution is 0.246. The van der Waals surface area contributed by atoms with Gasteiger partial charge in [0.25, 0.3) is 0 Å². The van der Waals surface area contributed by atoms with Crippen molar-refractivity contribution in [2.45, 2.75) is 32.0 Å². The summed E-state index contributed by atoms with van der Waals surface area (Å²) < 4.78 is 13.3. The summed E-state index contributed by atoms with van der Waals surface area (Å²) in [4.78, 5) is 2.41. The Hall–Kier alpha value is -1.70. The van der Waals surface area contributed by atoms with E-state index in [9.17, 15) is 4.39 Å². The van der Waals surface area contributed by atoms with E-state index in [0.717, 1.165) is 18.7 Å². The largest absolute Gasteiger partial charge is 0.292 e. The molecule has 3 rings (SSSR count). The third kappa shape index (κ3) is 3.06. The van der Waals surface area contributed by atoms with Crippen molar-refractivity contribution in [3.63, 3.8) is 0 Å². The first kappa shape index (κ1) is 13.3. The summed E-state index contributed by atoms with van der Waals surface area (Å²) in [5.41, 5.74) is 2.46. The third-order valence-corrected chi connectivity index (χ3v) is 4.30. The highest BCUT2D eigenvalue weighted by molar-refractivity contribution is 7.07. The molecule has 1 aromatic carbocycles. The summed E-state index contributed by atoms with van der Waals surface area (Å²) in [6, 6.07) is 9.52. The minimum absolute atomic E-state index is 0.133. The number of rotatable bonds is 5. The summed E-state index contributed by atoms with van der Waals surface area (Å²) in [6.07, 6.45) is 2.47. The molecule has 1 fully saturated rings. The van der Waals surface area contributed by atoms with Gasteiger partial charge in [0.2, 0.25) is 0 Å². The maximum atomic E-state index is 13.3. The molecule has 4 heteroatoms. The number of thiophene rings is 1. The highest BCUT2D eigenvalue weighted by atomic mass is 32.1. The molecule has 0 spiro atoms. The fraction of sp³-hybridized carbons (Fsp3) is 0.312. The molecule has 1 aromatic heterocycles. The van der Waals surface area contributed by atoms with Crippen LogP contribution >= 0.6 is 11.3 Å². The molecular formula is C16H15FN2S. The molecule has 1 saturated carbocycles. The molecule has 0 atom stereocenters. The van der Waals surface area contributed by atoms with Crippen LogP contribution in [0.5, 0.6) is 0 Å². The Morgan fingerprint density at radius 1 is 1.25 bits per heavy atom. The Bertz CT molecular complexity index is 626. The van der Waals surface area contributed by atoms with Gasteiger partial charge in [-0.05, 0) is 52.9 Å². The molecule has 0 bridgehead atoms. The fourth-order valence-corrected chi connectivity index (χ4v) is 3.02. The van der Waals surface area contributed by atoms with Crippen LogP contribution in [-0.4, -0.2) is 10.9 Å². The van der Waals surface area contributed by atoms with E-state index in [1.54, 1.807) is 23.5 Å². The van der Waals surface area contributed by atoms with Gasteiger partial charge in [-0.1, -0.05) is 6.07 Å². The van der Waals surface area contributed by atoms with E-state index in [1.165, 1.54) is 24.5 Å². The summed E-state index contributed by atoms with van der Waals surface area (Å²) >= 11 is 1.71. The zero-order valence-electron chi connectivity index (χ0n) is 11.1. The first-order chi connectivity index (χ1) is 9.76. The van der Waals surface area contributed by atoms with Crippen molar-refractivity contribution in [1.29, 1.82) is 5.26 Å². The SMILES string of the molecule is N#Cc1cc(CN(Cc2ccsc2)C2CC2)ccc1F. The summed E-state index contributed by atoms with van der Waals surface area (Å²) in [5.74, 6) is -0.438. The molecule has 2 aromatic rings. The second-order valence-electron chi connectivity index (χ2n) is 5.19. The van der Waals surface area contributed by atoms with Crippen LogP contribution in [0.2, 0.25) is 0 Å². The van der Waals surface area contributed by atoms with E-state index in [4.69, 9.17) is 5.26 Å². The first-order valence-electron chi connectivity index (χ1n) is 6.70. The minimum atomic E-state index is -0.438. The van der Waals surface area contributed by atoms with E-state index < -0.39 is 5.82 Å². The lowest BCUT2D eigenvalue weighted by Crippen LogP contribution is -2.24. The van der Waals surface area contributed by atoms with Crippen molar-refractivity contribution in [1.82, 2.24) is 4.90 Å². The highest BCUT2D eigenvalue weighted by Crippen LogP contribution is 2.30. The van der Waals surface area contributed by atoms with Crippen molar-refractivity contribution in [2.75, 3.05) is 0 Å². The van der Waals surface area contributed by atoms with Gasteiger partial charge < -0.3 is 0 Å². The Kier molecular flexibility index (Phi) is 3.81. The van der Waals surface area contributed by atoms with Gasteiger partial charge in [0, 0.05) is 19.1 Å². The molecule has 1 heterocycles. The van der Waals surface area contributed by atoms with E-state index in [1.807, 2.05) is 6.07 Å². The second-order valence-corrected chi connectivity index (χ2v) is 5.97. The van der Waals surface area contributed by atoms with E-state index in [-0.39, 0.29) is 5.56 Å². The number of hydrogen-bond acceptors (Lipinski definition) is 3. The van der Waals surface area contributed by atoms with Crippen LogP contribution in [0.1, 0.15) is 29.5 Å². The Balaban J connectivity index is 1.75. The normalized spacial score (nSPS) is 14.4. The van der Waals surface area contributed by atoms with Crippen molar-refractivity contribution in [3.05, 3.63) is 57.5 Å². The molecule has 1 aliphatic rings. The molecular weight excluding hydrogens is 271 g/mol. The second kappa shape index (κ2) is 5.74. The Labute approximate surface area is 122 Å². The Morgan fingerprint density at radius 2 is 2.05 bits per heavy atom. The Morgan fingerprint density at radius 3 is 2.70 bits per heavy atom. The summed E-state index contributed by atoms with van der Waals surface area (Å²) in [6.45, 7) is 1.70. The molecule has 0 aliphatic heterocycles. The number of benzene rings is 1. The smallest absolute Gasteiger partial charge is 0.140 e. The van der Waals surface area contributed by atoms with Crippen LogP contribution in [0, 0.1) is 17.1 Å². The highest BCUT2D eigenvalue weighted by Gasteiger charge is 2.29. The molecule has 1 aliphatic carbocycles. The van der Waals surface area contributed by atoms with Crippen LogP contribution in [0.4, 0.5) is 4.39 Å². The minimum Gasteiger partial charge on any atom is -0.292 e. The van der Waals surface area contributed by atoms with Crippen LogP contribution in [0.3, 0.4) is 0 Å². The quantitative estimate of drug-likeness (QED) is 0.833. The molecule has 2 nitrogen and oxygen atoms in total. The van der Waals surface area contributed by atoms with Gasteiger partial charge in [-0.25, -0.2) is 4.39 Å². The fourth-order valence-electron chi connectivity index (χ4n) is 2.36. The summed E-state index contributed by atoms with van der Waals surface area (Å²) in [7, 11) is 0. The molecule has 0 unspecified atom stereocenters. The van der Waals surface area contributed by atoms with Crippen molar-refractivity contribution < 1.29 is 4.39 Å². The summed E-state index contributed by atoms with van der Waals surface area (Å²) in [5, 5.41) is 13.2. The maximum Gasteiger partial charge on any atom is 0.140 e. The lowest BCUT2D eigenvalue weighted by Gasteiger charge is -2.21. The monoisotopic (exact) mass is 286 g/mol. The van der Waals surface area contributed by atoms with E-state index >= 15 is 0 Å². The van der Waals surface area contributed by atoms with Crippen LogP contribution in [0.15, 0.2) is 35.0 Å². The van der Waals surface area contributed by atoms with E-state index in [0.29, 0.717) is 6.04 Å². The van der Waals surface area contributed by atoms with Gasteiger partial charge in [-0.15, -0.1) is 0 Å². The van der Waals surface area contributed by atoms with Gasteiger partial charge in [0.1, 0.15) is 11.9 Å². The van der Waals surface area contributed by atoms with Gasteiger partial charge in [0.15, 0.2) is 0 Å². The van der Waals surface area contributed by atoms with Crippen molar-refractivity contribution in [3.8, 4) is 6.07 Å². The number of nitrogens with zero attached hydrogens (tertiary/aromatic N) is 2. The van der Waals surface area contributed by atoms with Gasteiger partial charge in [-0.2, -0.15) is 16.6 Å². The molecule has 20 heavy (non-hydrogen) atoms. The zero-order chi connectivity index (χ0) is 13.9. The topological polar surface area (TPSA) is 27.0 Å². The van der Waals surface area contributed by atoms with Gasteiger partial charge in [0.05, 0.1) is 5.56 Å². The molecule has 0 amide bonds. The van der Waals surface area contributed by atoms with E-state index in [2.05, 4.69) is 21.7 Å². The predicted octanol–water partition coefficient (Wildman–Crippen LogP) is 3.92. The first-order valence-corrected chi connectivity index (χ1v) is 7.64. The third-order valence-electron chi connectivity index (χ3n) is 3.57. The predicted molar refractivity (Wildman–Crippen MR) is 77.7 cm³/mol. The van der Waals surface area contributed by atoms with Crippen LogP contribution in [0.25, 0.3) is 0 Å². The molecule has 0 N–H and O–H groups in total. The maximum absolute atomic E-state index is 13.3. The zero-order valence-corrected chi connectivity index (χ0v) is 11.9. The number of halogens is 1. The molecule has 0 radical (unpaired) electrons. The number of hydrogen-bond donors (Lipinski definition) is 0. The van der Waals surface area contributed by atoms with Crippen molar-refractivity contribution >= 4 is 11.3 Å². The molecule has 102 valence electrons. The van der Waals surface area contributed by atoms with Crippen LogP contribution < -0.4 is 0 Å². The van der Waals surface area contributed by atoms with Gasteiger partial charge >= 0.3 is 0 Å². The molecule has 0 saturated heterocycles.